The van der Waals surface area contributed by atoms with Crippen molar-refractivity contribution >= 4 is 11.8 Å². The number of rotatable bonds is 8. The van der Waals surface area contributed by atoms with Crippen molar-refractivity contribution in [2.75, 3.05) is 18.0 Å². The van der Waals surface area contributed by atoms with Crippen molar-refractivity contribution in [3.05, 3.63) is 66.1 Å². The molecule has 0 unspecified atom stereocenters. The zero-order valence-corrected chi connectivity index (χ0v) is 22.1. The first-order valence-corrected chi connectivity index (χ1v) is 12.9. The van der Waals surface area contributed by atoms with Crippen molar-refractivity contribution in [1.29, 1.82) is 0 Å². The Morgan fingerprint density at radius 2 is 1.87 bits per heavy atom. The van der Waals surface area contributed by atoms with Crippen molar-refractivity contribution in [2.24, 2.45) is 10.8 Å². The van der Waals surface area contributed by atoms with Crippen molar-refractivity contribution < 1.29 is 23.2 Å². The summed E-state index contributed by atoms with van der Waals surface area (Å²) >= 11 is 0. The van der Waals surface area contributed by atoms with Crippen molar-refractivity contribution in [1.82, 2.24) is 24.9 Å². The summed E-state index contributed by atoms with van der Waals surface area (Å²) < 4.78 is 36.0. The van der Waals surface area contributed by atoms with Crippen LogP contribution in [0.25, 0.3) is 22.9 Å². The summed E-state index contributed by atoms with van der Waals surface area (Å²) in [5.74, 6) is -1.50. The van der Waals surface area contributed by atoms with Gasteiger partial charge < -0.3 is 14.5 Å². The maximum atomic E-state index is 15.0. The van der Waals surface area contributed by atoms with Crippen molar-refractivity contribution in [3.63, 3.8) is 0 Å². The molecule has 0 amide bonds. The van der Waals surface area contributed by atoms with Gasteiger partial charge in [-0.15, -0.1) is 0 Å². The van der Waals surface area contributed by atoms with Gasteiger partial charge in [0.15, 0.2) is 17.5 Å². The van der Waals surface area contributed by atoms with Crippen LogP contribution in [0.3, 0.4) is 0 Å². The van der Waals surface area contributed by atoms with E-state index in [1.54, 1.807) is 39.9 Å². The maximum Gasteiger partial charge on any atom is 0.310 e. The first-order chi connectivity index (χ1) is 18.6. The number of hydrogen-bond donors (Lipinski definition) is 1. The lowest BCUT2D eigenvalue weighted by molar-refractivity contribution is -0.159. The van der Waals surface area contributed by atoms with Crippen LogP contribution < -0.4 is 4.90 Å². The van der Waals surface area contributed by atoms with Gasteiger partial charge in [0.2, 0.25) is 0 Å². The van der Waals surface area contributed by atoms with Crippen LogP contribution in [0, 0.1) is 22.5 Å². The molecule has 3 aromatic heterocycles. The molecule has 0 aliphatic carbocycles. The van der Waals surface area contributed by atoms with E-state index in [1.807, 2.05) is 20.8 Å². The number of carboxylic acids is 1. The van der Waals surface area contributed by atoms with Crippen molar-refractivity contribution in [3.8, 4) is 22.9 Å². The minimum atomic E-state index is -0.900. The molecule has 39 heavy (non-hydrogen) atoms. The Morgan fingerprint density at radius 3 is 2.51 bits per heavy atom. The smallest absolute Gasteiger partial charge is 0.310 e. The van der Waals surface area contributed by atoms with E-state index in [2.05, 4.69) is 20.2 Å². The minimum absolute atomic E-state index is 0.0972. The highest BCUT2D eigenvalue weighted by molar-refractivity contribution is 5.76. The lowest BCUT2D eigenvalue weighted by Crippen LogP contribution is -2.52. The van der Waals surface area contributed by atoms with Crippen LogP contribution in [0.5, 0.6) is 0 Å². The second-order valence-corrected chi connectivity index (χ2v) is 10.5. The fourth-order valence-electron chi connectivity index (χ4n) is 5.31. The van der Waals surface area contributed by atoms with E-state index < -0.39 is 22.6 Å². The Kier molecular flexibility index (Phi) is 6.92. The number of benzene rings is 1. The molecule has 4 aromatic rings. The van der Waals surface area contributed by atoms with Crippen LogP contribution in [0.15, 0.2) is 53.4 Å². The highest BCUT2D eigenvalue weighted by Gasteiger charge is 2.52. The molecule has 0 radical (unpaired) electrons. The topological polar surface area (TPSA) is 110 Å². The van der Waals surface area contributed by atoms with Gasteiger partial charge in [-0.05, 0) is 36.8 Å². The van der Waals surface area contributed by atoms with Crippen LogP contribution in [0.1, 0.15) is 45.6 Å². The SMILES string of the molecule is CCC(C)(C)C1(C(=O)O)CCN(c2nc(-c3cc(-c4ccon4)n(Cc4ccccc4F)n3)ncc2F)CC1. The Morgan fingerprint density at radius 1 is 1.13 bits per heavy atom. The third kappa shape index (κ3) is 4.77. The molecule has 11 heteroatoms. The summed E-state index contributed by atoms with van der Waals surface area (Å²) in [6.07, 6.45) is 3.98. The van der Waals surface area contributed by atoms with E-state index in [9.17, 15) is 18.7 Å². The van der Waals surface area contributed by atoms with Crippen LogP contribution >= 0.6 is 0 Å². The van der Waals surface area contributed by atoms with Gasteiger partial charge in [-0.25, -0.2) is 18.7 Å². The largest absolute Gasteiger partial charge is 0.481 e. The molecule has 0 saturated carbocycles. The standard InChI is InChI=1S/C28H30F2N6O3/c1-4-27(2,3)28(26(37)38)10-12-35(13-11-28)25-20(30)16-31-24(32-25)22-15-23(21-9-14-39-34-21)36(33-22)17-18-7-5-6-8-19(18)29/h5-9,14-16H,4,10-13,17H2,1-3H3,(H,37,38). The van der Waals surface area contributed by atoms with Gasteiger partial charge in [-0.1, -0.05) is 44.1 Å². The number of aliphatic carboxylic acids is 1. The fourth-order valence-corrected chi connectivity index (χ4v) is 5.31. The molecule has 5 rings (SSSR count). The zero-order chi connectivity index (χ0) is 27.8. The van der Waals surface area contributed by atoms with Gasteiger partial charge in [0.05, 0.1) is 23.9 Å². The van der Waals surface area contributed by atoms with Crippen LogP contribution in [-0.4, -0.2) is 49.1 Å². The summed E-state index contributed by atoms with van der Waals surface area (Å²) in [6, 6.07) is 9.77. The molecule has 0 spiro atoms. The van der Waals surface area contributed by atoms with E-state index in [0.29, 0.717) is 55.0 Å². The highest BCUT2D eigenvalue weighted by atomic mass is 19.1. The normalized spacial score (nSPS) is 15.5. The molecule has 1 N–H and O–H groups in total. The molecule has 1 aromatic carbocycles. The maximum absolute atomic E-state index is 15.0. The molecule has 0 bridgehead atoms. The Balaban J connectivity index is 1.47. The minimum Gasteiger partial charge on any atom is -0.481 e. The van der Waals surface area contributed by atoms with E-state index >= 15 is 0 Å². The Hall–Kier alpha value is -4.15. The number of piperidine rings is 1. The molecule has 1 aliphatic rings. The van der Waals surface area contributed by atoms with E-state index in [-0.39, 0.29) is 24.0 Å². The molecule has 1 saturated heterocycles. The number of aromatic nitrogens is 5. The van der Waals surface area contributed by atoms with Gasteiger partial charge in [0.1, 0.15) is 23.5 Å². The summed E-state index contributed by atoms with van der Waals surface area (Å²) in [6.45, 7) is 6.75. The predicted octanol–water partition coefficient (Wildman–Crippen LogP) is 5.43. The van der Waals surface area contributed by atoms with Crippen LogP contribution in [-0.2, 0) is 11.3 Å². The fraction of sp³-hybridized carbons (Fsp3) is 0.393. The number of carbonyl (C=O) groups is 1. The molecule has 9 nitrogen and oxygen atoms in total. The molecular formula is C28H30F2N6O3. The first-order valence-electron chi connectivity index (χ1n) is 12.9. The summed E-state index contributed by atoms with van der Waals surface area (Å²) in [5.41, 5.74) is 0.526. The second-order valence-electron chi connectivity index (χ2n) is 10.5. The van der Waals surface area contributed by atoms with Gasteiger partial charge in [0.25, 0.3) is 0 Å². The van der Waals surface area contributed by atoms with E-state index in [0.717, 1.165) is 6.20 Å². The molecular weight excluding hydrogens is 506 g/mol. The average molecular weight is 537 g/mol. The van der Waals surface area contributed by atoms with Crippen LogP contribution in [0.4, 0.5) is 14.6 Å². The lowest BCUT2D eigenvalue weighted by atomic mass is 9.59. The van der Waals surface area contributed by atoms with Gasteiger partial charge in [0, 0.05) is 24.7 Å². The van der Waals surface area contributed by atoms with Gasteiger partial charge in [-0.2, -0.15) is 5.10 Å². The second kappa shape index (κ2) is 10.2. The number of nitrogens with zero attached hydrogens (tertiary/aromatic N) is 6. The average Bonchev–Trinajstić information content (AvgIpc) is 3.60. The third-order valence-electron chi connectivity index (χ3n) is 8.22. The number of carboxylic acid groups (broad SMARTS) is 1. The predicted molar refractivity (Wildman–Crippen MR) is 140 cm³/mol. The Bertz CT molecular complexity index is 1480. The quantitative estimate of drug-likeness (QED) is 0.318. The highest BCUT2D eigenvalue weighted by Crippen LogP contribution is 2.49. The van der Waals surface area contributed by atoms with Gasteiger partial charge >= 0.3 is 5.97 Å². The Labute approximate surface area is 224 Å². The number of hydrogen-bond acceptors (Lipinski definition) is 7. The number of anilines is 1. The third-order valence-corrected chi connectivity index (χ3v) is 8.22. The summed E-state index contributed by atoms with van der Waals surface area (Å²) in [7, 11) is 0. The van der Waals surface area contributed by atoms with Crippen LogP contribution in [0.2, 0.25) is 0 Å². The molecule has 1 fully saturated rings. The molecule has 204 valence electrons. The molecule has 0 atom stereocenters. The monoisotopic (exact) mass is 536 g/mol. The summed E-state index contributed by atoms with van der Waals surface area (Å²) in [5, 5.41) is 18.7. The lowest BCUT2D eigenvalue weighted by Gasteiger charge is -2.48. The van der Waals surface area contributed by atoms with E-state index in [4.69, 9.17) is 4.52 Å². The molecule has 4 heterocycles. The number of halogens is 2. The van der Waals surface area contributed by atoms with Gasteiger partial charge in [-0.3, -0.25) is 9.48 Å². The summed E-state index contributed by atoms with van der Waals surface area (Å²) in [4.78, 5) is 22.8. The first kappa shape index (κ1) is 26.5. The van der Waals surface area contributed by atoms with Crippen molar-refractivity contribution in [2.45, 2.75) is 46.6 Å². The zero-order valence-electron chi connectivity index (χ0n) is 22.1. The molecule has 1 aliphatic heterocycles. The van der Waals surface area contributed by atoms with E-state index in [1.165, 1.54) is 12.3 Å².